The van der Waals surface area contributed by atoms with Crippen molar-refractivity contribution in [3.05, 3.63) is 65.0 Å². The summed E-state index contributed by atoms with van der Waals surface area (Å²) in [5, 5.41) is 2.81. The Labute approximate surface area is 128 Å². The van der Waals surface area contributed by atoms with Gasteiger partial charge in [-0.25, -0.2) is 0 Å². The molecule has 22 heavy (non-hydrogen) atoms. The first-order valence-electron chi connectivity index (χ1n) is 6.71. The van der Waals surface area contributed by atoms with Gasteiger partial charge in [-0.15, -0.1) is 0 Å². The Kier molecular flexibility index (Phi) is 5.21. The SMILES string of the molecule is COCc1ccccc1CNC(=O)c1ccc(C(N)=O)nc1. The number of hydrogen-bond donors (Lipinski definition) is 2. The van der Waals surface area contributed by atoms with Crippen molar-refractivity contribution in [2.75, 3.05) is 7.11 Å². The topological polar surface area (TPSA) is 94.3 Å². The first-order chi connectivity index (χ1) is 10.6. The van der Waals surface area contributed by atoms with E-state index >= 15 is 0 Å². The molecule has 2 amide bonds. The molecule has 2 aromatic rings. The Bertz CT molecular complexity index is 669. The lowest BCUT2D eigenvalue weighted by Gasteiger charge is -2.10. The predicted octanol–water partition coefficient (Wildman–Crippen LogP) is 1.26. The van der Waals surface area contributed by atoms with Crippen LogP contribution in [0.4, 0.5) is 0 Å². The van der Waals surface area contributed by atoms with Gasteiger partial charge in [-0.2, -0.15) is 0 Å². The molecule has 6 heteroatoms. The van der Waals surface area contributed by atoms with Crippen molar-refractivity contribution >= 4 is 11.8 Å². The highest BCUT2D eigenvalue weighted by atomic mass is 16.5. The van der Waals surface area contributed by atoms with Crippen molar-refractivity contribution in [2.24, 2.45) is 5.73 Å². The van der Waals surface area contributed by atoms with Gasteiger partial charge in [-0.3, -0.25) is 14.6 Å². The van der Waals surface area contributed by atoms with Crippen LogP contribution in [0.1, 0.15) is 32.0 Å². The van der Waals surface area contributed by atoms with Gasteiger partial charge in [-0.05, 0) is 23.3 Å². The molecule has 114 valence electrons. The Morgan fingerprint density at radius 2 is 1.91 bits per heavy atom. The first-order valence-corrected chi connectivity index (χ1v) is 6.71. The van der Waals surface area contributed by atoms with Gasteiger partial charge in [0.05, 0.1) is 12.2 Å². The van der Waals surface area contributed by atoms with Crippen LogP contribution in [0.15, 0.2) is 42.6 Å². The van der Waals surface area contributed by atoms with Crippen molar-refractivity contribution in [2.45, 2.75) is 13.2 Å². The smallest absolute Gasteiger partial charge is 0.267 e. The number of rotatable bonds is 6. The lowest BCUT2D eigenvalue weighted by molar-refractivity contribution is 0.0946. The number of nitrogens with zero attached hydrogens (tertiary/aromatic N) is 1. The monoisotopic (exact) mass is 299 g/mol. The van der Waals surface area contributed by atoms with Gasteiger partial charge in [0.1, 0.15) is 5.69 Å². The average molecular weight is 299 g/mol. The predicted molar refractivity (Wildman–Crippen MR) is 81.1 cm³/mol. The number of carbonyl (C=O) groups is 2. The van der Waals surface area contributed by atoms with Gasteiger partial charge in [0.15, 0.2) is 0 Å². The maximum Gasteiger partial charge on any atom is 0.267 e. The largest absolute Gasteiger partial charge is 0.380 e. The summed E-state index contributed by atoms with van der Waals surface area (Å²) in [4.78, 5) is 26.9. The molecule has 6 nitrogen and oxygen atoms in total. The number of benzene rings is 1. The van der Waals surface area contributed by atoms with E-state index in [-0.39, 0.29) is 11.6 Å². The van der Waals surface area contributed by atoms with Gasteiger partial charge < -0.3 is 15.8 Å². The van der Waals surface area contributed by atoms with Gasteiger partial charge >= 0.3 is 0 Å². The number of amides is 2. The van der Waals surface area contributed by atoms with Gasteiger partial charge in [-0.1, -0.05) is 24.3 Å². The highest BCUT2D eigenvalue weighted by Gasteiger charge is 2.09. The molecular weight excluding hydrogens is 282 g/mol. The van der Waals surface area contributed by atoms with Crippen LogP contribution in [0.5, 0.6) is 0 Å². The third-order valence-corrected chi connectivity index (χ3v) is 3.14. The van der Waals surface area contributed by atoms with Gasteiger partial charge in [0.2, 0.25) is 0 Å². The number of ether oxygens (including phenoxy) is 1. The summed E-state index contributed by atoms with van der Waals surface area (Å²) in [5.74, 6) is -0.892. The number of carbonyl (C=O) groups excluding carboxylic acids is 2. The van der Waals surface area contributed by atoms with E-state index in [1.807, 2.05) is 24.3 Å². The fraction of sp³-hybridized carbons (Fsp3) is 0.188. The van der Waals surface area contributed by atoms with Crippen LogP contribution < -0.4 is 11.1 Å². The standard InChI is InChI=1S/C16H17N3O3/c1-22-10-13-5-3-2-4-11(13)8-19-16(21)12-6-7-14(15(17)20)18-9-12/h2-7,9H,8,10H2,1H3,(H2,17,20)(H,19,21). The fourth-order valence-electron chi connectivity index (χ4n) is 1.98. The molecule has 0 saturated heterocycles. The summed E-state index contributed by atoms with van der Waals surface area (Å²) >= 11 is 0. The number of primary amides is 1. The molecule has 2 rings (SSSR count). The summed E-state index contributed by atoms with van der Waals surface area (Å²) in [6, 6.07) is 10.7. The highest BCUT2D eigenvalue weighted by molar-refractivity contribution is 5.95. The number of hydrogen-bond acceptors (Lipinski definition) is 4. The lowest BCUT2D eigenvalue weighted by atomic mass is 10.1. The molecule has 0 aliphatic carbocycles. The Balaban J connectivity index is 2.02. The van der Waals surface area contributed by atoms with Crippen molar-refractivity contribution in [3.8, 4) is 0 Å². The molecule has 0 aliphatic rings. The number of nitrogens with one attached hydrogen (secondary N) is 1. The van der Waals surface area contributed by atoms with E-state index in [1.54, 1.807) is 7.11 Å². The molecular formula is C16H17N3O3. The summed E-state index contributed by atoms with van der Waals surface area (Å²) in [5.41, 5.74) is 7.61. The zero-order valence-corrected chi connectivity index (χ0v) is 12.2. The van der Waals surface area contributed by atoms with E-state index in [2.05, 4.69) is 10.3 Å². The third-order valence-electron chi connectivity index (χ3n) is 3.14. The third kappa shape index (κ3) is 3.89. The van der Waals surface area contributed by atoms with Crippen molar-refractivity contribution in [3.63, 3.8) is 0 Å². The maximum atomic E-state index is 12.1. The molecule has 0 radical (unpaired) electrons. The molecule has 1 heterocycles. The van der Waals surface area contributed by atoms with Crippen LogP contribution in [0.25, 0.3) is 0 Å². The molecule has 0 atom stereocenters. The number of aromatic nitrogens is 1. The van der Waals surface area contributed by atoms with E-state index in [9.17, 15) is 9.59 Å². The van der Waals surface area contributed by atoms with E-state index in [0.29, 0.717) is 18.7 Å². The molecule has 0 fully saturated rings. The zero-order chi connectivity index (χ0) is 15.9. The van der Waals surface area contributed by atoms with Crippen LogP contribution in [0.3, 0.4) is 0 Å². The summed E-state index contributed by atoms with van der Waals surface area (Å²) in [6.07, 6.45) is 1.33. The fourth-order valence-corrected chi connectivity index (χ4v) is 1.98. The normalized spacial score (nSPS) is 10.2. The Morgan fingerprint density at radius 1 is 1.18 bits per heavy atom. The quantitative estimate of drug-likeness (QED) is 0.839. The van der Waals surface area contributed by atoms with Crippen LogP contribution in [-0.4, -0.2) is 23.9 Å². The van der Waals surface area contributed by atoms with Crippen LogP contribution in [0, 0.1) is 0 Å². The molecule has 0 bridgehead atoms. The van der Waals surface area contributed by atoms with Crippen LogP contribution in [-0.2, 0) is 17.9 Å². The highest BCUT2D eigenvalue weighted by Crippen LogP contribution is 2.10. The molecule has 0 saturated carbocycles. The first kappa shape index (κ1) is 15.7. The second-order valence-corrected chi connectivity index (χ2v) is 4.68. The molecule has 0 unspecified atom stereocenters. The summed E-state index contributed by atoms with van der Waals surface area (Å²) in [6.45, 7) is 0.872. The molecule has 1 aromatic carbocycles. The summed E-state index contributed by atoms with van der Waals surface area (Å²) < 4.78 is 5.13. The van der Waals surface area contributed by atoms with Crippen LogP contribution >= 0.6 is 0 Å². The van der Waals surface area contributed by atoms with Crippen molar-refractivity contribution < 1.29 is 14.3 Å². The summed E-state index contributed by atoms with van der Waals surface area (Å²) in [7, 11) is 1.63. The minimum absolute atomic E-state index is 0.127. The van der Waals surface area contributed by atoms with Crippen molar-refractivity contribution in [1.29, 1.82) is 0 Å². The molecule has 0 aliphatic heterocycles. The lowest BCUT2D eigenvalue weighted by Crippen LogP contribution is -2.24. The minimum atomic E-state index is -0.625. The maximum absolute atomic E-state index is 12.1. The average Bonchev–Trinajstić information content (AvgIpc) is 2.54. The zero-order valence-electron chi connectivity index (χ0n) is 12.2. The van der Waals surface area contributed by atoms with E-state index in [1.165, 1.54) is 18.3 Å². The molecule has 3 N–H and O–H groups in total. The van der Waals surface area contributed by atoms with Gasteiger partial charge in [0.25, 0.3) is 11.8 Å². The van der Waals surface area contributed by atoms with E-state index in [4.69, 9.17) is 10.5 Å². The number of methoxy groups -OCH3 is 1. The van der Waals surface area contributed by atoms with Crippen molar-refractivity contribution in [1.82, 2.24) is 10.3 Å². The Morgan fingerprint density at radius 3 is 2.50 bits per heavy atom. The van der Waals surface area contributed by atoms with Crippen LogP contribution in [0.2, 0.25) is 0 Å². The second kappa shape index (κ2) is 7.33. The number of pyridine rings is 1. The van der Waals surface area contributed by atoms with E-state index in [0.717, 1.165) is 11.1 Å². The number of nitrogens with two attached hydrogens (primary N) is 1. The molecule has 1 aromatic heterocycles. The Hall–Kier alpha value is -2.73. The van der Waals surface area contributed by atoms with E-state index < -0.39 is 5.91 Å². The molecule has 0 spiro atoms. The second-order valence-electron chi connectivity index (χ2n) is 4.68. The minimum Gasteiger partial charge on any atom is -0.380 e. The van der Waals surface area contributed by atoms with Gasteiger partial charge in [0, 0.05) is 19.9 Å².